The number of hydrogen-bond acceptors (Lipinski definition) is 5. The molecule has 6 heteroatoms. The molecule has 96 valence electrons. The highest BCUT2D eigenvalue weighted by Gasteiger charge is 2.13. The van der Waals surface area contributed by atoms with E-state index in [0.717, 1.165) is 11.8 Å². The second-order valence-corrected chi connectivity index (χ2v) is 6.74. The van der Waals surface area contributed by atoms with Crippen LogP contribution in [0.15, 0.2) is 39.9 Å². The van der Waals surface area contributed by atoms with E-state index >= 15 is 0 Å². The minimum absolute atomic E-state index is 0.165. The van der Waals surface area contributed by atoms with E-state index in [1.807, 2.05) is 16.8 Å². The highest BCUT2D eigenvalue weighted by molar-refractivity contribution is 7.90. The first-order chi connectivity index (χ1) is 8.48. The maximum absolute atomic E-state index is 11.5. The van der Waals surface area contributed by atoms with Crippen LogP contribution in [0, 0.1) is 0 Å². The van der Waals surface area contributed by atoms with Gasteiger partial charge < -0.3 is 11.1 Å². The first-order valence-corrected chi connectivity index (χ1v) is 8.15. The summed E-state index contributed by atoms with van der Waals surface area (Å²) in [4.78, 5) is 0.165. The smallest absolute Gasteiger partial charge is 0.177 e. The van der Waals surface area contributed by atoms with Gasteiger partial charge in [-0.3, -0.25) is 0 Å². The molecule has 0 spiro atoms. The fourth-order valence-corrected chi connectivity index (χ4v) is 3.12. The second kappa shape index (κ2) is 4.99. The second-order valence-electron chi connectivity index (χ2n) is 3.97. The Hall–Kier alpha value is -1.53. The molecule has 0 aliphatic carbocycles. The summed E-state index contributed by atoms with van der Waals surface area (Å²) in [5.41, 5.74) is 7.93. The van der Waals surface area contributed by atoms with Gasteiger partial charge in [-0.15, -0.1) is 0 Å². The third kappa shape index (κ3) is 2.83. The zero-order valence-corrected chi connectivity index (χ0v) is 11.5. The number of anilines is 2. The highest BCUT2D eigenvalue weighted by atomic mass is 32.2. The summed E-state index contributed by atoms with van der Waals surface area (Å²) in [5.74, 6) is 0. The maximum atomic E-state index is 11.5. The Balaban J connectivity index is 2.24. The fourth-order valence-electron chi connectivity index (χ4n) is 1.61. The highest BCUT2D eigenvalue weighted by Crippen LogP contribution is 2.27. The summed E-state index contributed by atoms with van der Waals surface area (Å²) in [5, 5.41) is 7.17. The van der Waals surface area contributed by atoms with Gasteiger partial charge in [-0.1, -0.05) is 6.07 Å². The molecule has 0 aliphatic rings. The molecule has 0 radical (unpaired) electrons. The molecular formula is C12H14N2O2S2. The van der Waals surface area contributed by atoms with Crippen LogP contribution in [0.25, 0.3) is 0 Å². The Morgan fingerprint density at radius 2 is 2.11 bits per heavy atom. The topological polar surface area (TPSA) is 72.2 Å². The van der Waals surface area contributed by atoms with Gasteiger partial charge in [-0.25, -0.2) is 8.42 Å². The van der Waals surface area contributed by atoms with E-state index < -0.39 is 9.84 Å². The summed E-state index contributed by atoms with van der Waals surface area (Å²) >= 11 is 1.62. The first-order valence-electron chi connectivity index (χ1n) is 5.32. The third-order valence-corrected chi connectivity index (χ3v) is 4.42. The molecule has 18 heavy (non-hydrogen) atoms. The molecule has 1 aromatic carbocycles. The van der Waals surface area contributed by atoms with Crippen molar-refractivity contribution in [3.63, 3.8) is 0 Å². The minimum Gasteiger partial charge on any atom is -0.396 e. The average Bonchev–Trinajstić information content (AvgIpc) is 2.79. The Morgan fingerprint density at radius 3 is 2.72 bits per heavy atom. The number of para-hydroxylation sites is 1. The number of rotatable bonds is 4. The molecule has 0 aliphatic heterocycles. The maximum Gasteiger partial charge on any atom is 0.177 e. The summed E-state index contributed by atoms with van der Waals surface area (Å²) in [6, 6.07) is 6.98. The monoisotopic (exact) mass is 282 g/mol. The number of benzene rings is 1. The van der Waals surface area contributed by atoms with Crippen molar-refractivity contribution >= 4 is 32.5 Å². The molecule has 4 nitrogen and oxygen atoms in total. The average molecular weight is 282 g/mol. The predicted molar refractivity (Wildman–Crippen MR) is 75.6 cm³/mol. The van der Waals surface area contributed by atoms with E-state index in [1.165, 1.54) is 6.07 Å². The Labute approximate surface area is 110 Å². The summed E-state index contributed by atoms with van der Waals surface area (Å²) in [6.45, 7) is 0.626. The zero-order chi connectivity index (χ0) is 13.2. The van der Waals surface area contributed by atoms with E-state index in [1.54, 1.807) is 23.5 Å². The number of hydrogen-bond donors (Lipinski definition) is 2. The zero-order valence-electron chi connectivity index (χ0n) is 9.88. The third-order valence-electron chi connectivity index (χ3n) is 2.53. The minimum atomic E-state index is -3.29. The molecular weight excluding hydrogens is 268 g/mol. The van der Waals surface area contributed by atoms with Crippen molar-refractivity contribution in [1.29, 1.82) is 0 Å². The van der Waals surface area contributed by atoms with Crippen molar-refractivity contribution in [2.24, 2.45) is 0 Å². The normalized spacial score (nSPS) is 11.4. The Bertz CT molecular complexity index is 634. The van der Waals surface area contributed by atoms with Crippen LogP contribution in [0.4, 0.5) is 11.4 Å². The van der Waals surface area contributed by atoms with Crippen molar-refractivity contribution in [3.8, 4) is 0 Å². The van der Waals surface area contributed by atoms with Crippen LogP contribution in [0.2, 0.25) is 0 Å². The Kier molecular flexibility index (Phi) is 3.58. The van der Waals surface area contributed by atoms with E-state index in [9.17, 15) is 8.42 Å². The van der Waals surface area contributed by atoms with Crippen LogP contribution in [-0.2, 0) is 16.4 Å². The molecule has 0 saturated carbocycles. The van der Waals surface area contributed by atoms with Gasteiger partial charge in [0.15, 0.2) is 9.84 Å². The SMILES string of the molecule is CS(=O)(=O)c1cccc(NCc2ccsc2)c1N. The lowest BCUT2D eigenvalue weighted by atomic mass is 10.2. The van der Waals surface area contributed by atoms with Crippen LogP contribution in [0.1, 0.15) is 5.56 Å². The largest absolute Gasteiger partial charge is 0.396 e. The number of nitrogens with two attached hydrogens (primary N) is 1. The van der Waals surface area contributed by atoms with Gasteiger partial charge in [-0.05, 0) is 34.5 Å². The van der Waals surface area contributed by atoms with Crippen LogP contribution in [0.3, 0.4) is 0 Å². The molecule has 0 saturated heterocycles. The van der Waals surface area contributed by atoms with Crippen molar-refractivity contribution < 1.29 is 8.42 Å². The van der Waals surface area contributed by atoms with E-state index in [-0.39, 0.29) is 10.6 Å². The molecule has 1 heterocycles. The molecule has 1 aromatic heterocycles. The van der Waals surface area contributed by atoms with Crippen molar-refractivity contribution in [2.45, 2.75) is 11.4 Å². The lowest BCUT2D eigenvalue weighted by Gasteiger charge is -2.11. The molecule has 0 amide bonds. The predicted octanol–water partition coefficient (Wildman–Crippen LogP) is 2.35. The molecule has 0 fully saturated rings. The van der Waals surface area contributed by atoms with Crippen LogP contribution in [0.5, 0.6) is 0 Å². The van der Waals surface area contributed by atoms with Gasteiger partial charge in [0, 0.05) is 12.8 Å². The van der Waals surface area contributed by atoms with E-state index in [4.69, 9.17) is 5.73 Å². The number of sulfone groups is 1. The fraction of sp³-hybridized carbons (Fsp3) is 0.167. The van der Waals surface area contributed by atoms with Crippen molar-refractivity contribution in [3.05, 3.63) is 40.6 Å². The molecule has 3 N–H and O–H groups in total. The number of nitrogen functional groups attached to an aromatic ring is 1. The quantitative estimate of drug-likeness (QED) is 0.844. The molecule has 2 aromatic rings. The molecule has 0 bridgehead atoms. The standard InChI is InChI=1S/C12H14N2O2S2/c1-18(15,16)11-4-2-3-10(12(11)13)14-7-9-5-6-17-8-9/h2-6,8,14H,7,13H2,1H3. The number of nitrogens with one attached hydrogen (secondary N) is 1. The Morgan fingerprint density at radius 1 is 1.33 bits per heavy atom. The van der Waals surface area contributed by atoms with E-state index in [0.29, 0.717) is 12.2 Å². The van der Waals surface area contributed by atoms with Crippen molar-refractivity contribution in [2.75, 3.05) is 17.3 Å². The van der Waals surface area contributed by atoms with Gasteiger partial charge in [0.1, 0.15) is 0 Å². The van der Waals surface area contributed by atoms with Gasteiger partial charge in [-0.2, -0.15) is 11.3 Å². The summed E-state index contributed by atoms with van der Waals surface area (Å²) < 4.78 is 23.1. The van der Waals surface area contributed by atoms with Gasteiger partial charge in [0.05, 0.1) is 16.3 Å². The molecule has 2 rings (SSSR count). The number of thiophene rings is 1. The van der Waals surface area contributed by atoms with Gasteiger partial charge in [0.2, 0.25) is 0 Å². The lowest BCUT2D eigenvalue weighted by Crippen LogP contribution is -2.07. The summed E-state index contributed by atoms with van der Waals surface area (Å²) in [7, 11) is -3.29. The van der Waals surface area contributed by atoms with Crippen LogP contribution < -0.4 is 11.1 Å². The van der Waals surface area contributed by atoms with Crippen LogP contribution in [-0.4, -0.2) is 14.7 Å². The first kappa shape index (κ1) is 12.9. The lowest BCUT2D eigenvalue weighted by molar-refractivity contribution is 0.602. The summed E-state index contributed by atoms with van der Waals surface area (Å²) in [6.07, 6.45) is 1.15. The molecule has 0 atom stereocenters. The van der Waals surface area contributed by atoms with Gasteiger partial charge >= 0.3 is 0 Å². The van der Waals surface area contributed by atoms with Crippen LogP contribution >= 0.6 is 11.3 Å². The van der Waals surface area contributed by atoms with E-state index in [2.05, 4.69) is 5.32 Å². The van der Waals surface area contributed by atoms with Gasteiger partial charge in [0.25, 0.3) is 0 Å². The molecule has 0 unspecified atom stereocenters. The van der Waals surface area contributed by atoms with Crippen molar-refractivity contribution in [1.82, 2.24) is 0 Å².